The summed E-state index contributed by atoms with van der Waals surface area (Å²) < 4.78 is 5.28. The summed E-state index contributed by atoms with van der Waals surface area (Å²) in [6.45, 7) is 11.3. The second kappa shape index (κ2) is 9.65. The predicted octanol–water partition coefficient (Wildman–Crippen LogP) is 10.2. The maximum absolute atomic E-state index is 2.52. The van der Waals surface area contributed by atoms with E-state index in [1.807, 2.05) is 34.4 Å². The average molecular weight is 566 g/mol. The Hall–Kier alpha value is -2.86. The van der Waals surface area contributed by atoms with Gasteiger partial charge in [0.05, 0.1) is 20.8 Å². The number of thiophene rings is 1. The number of aryl methyl sites for hydroxylation is 1. The Kier molecular flexibility index (Phi) is 6.22. The second-order valence-corrected chi connectivity index (χ2v) is 14.4. The molecular weight excluding hydrogens is 533 g/mol. The van der Waals surface area contributed by atoms with E-state index in [9.17, 15) is 0 Å². The predicted molar refractivity (Wildman–Crippen MR) is 173 cm³/mol. The van der Waals surface area contributed by atoms with Crippen LogP contribution in [0.1, 0.15) is 45.5 Å². The minimum Gasteiger partial charge on any atom is -0.334 e. The Morgan fingerprint density at radius 1 is 0.949 bits per heavy atom. The van der Waals surface area contributed by atoms with Crippen molar-refractivity contribution in [1.29, 1.82) is 0 Å². The number of thiazole rings is 1. The summed E-state index contributed by atoms with van der Waals surface area (Å²) in [5.41, 5.74) is 5.85. The molecule has 1 aliphatic heterocycles. The van der Waals surface area contributed by atoms with Gasteiger partial charge in [-0.3, -0.25) is 0 Å². The van der Waals surface area contributed by atoms with Crippen LogP contribution in [0, 0.1) is 5.41 Å². The Morgan fingerprint density at radius 2 is 1.79 bits per heavy atom. The van der Waals surface area contributed by atoms with E-state index in [1.54, 1.807) is 0 Å². The lowest BCUT2D eigenvalue weighted by Gasteiger charge is -2.31. The first kappa shape index (κ1) is 25.1. The van der Waals surface area contributed by atoms with Crippen LogP contribution in [-0.2, 0) is 6.54 Å². The zero-order valence-electron chi connectivity index (χ0n) is 23.0. The smallest absolute Gasteiger partial charge is 0.263 e. The van der Waals surface area contributed by atoms with E-state index in [0.29, 0.717) is 0 Å². The van der Waals surface area contributed by atoms with E-state index in [2.05, 4.69) is 115 Å². The van der Waals surface area contributed by atoms with Crippen molar-refractivity contribution in [3.05, 3.63) is 93.3 Å². The number of allylic oxidation sites excluding steroid dienone is 4. The molecule has 2 nitrogen and oxygen atoms in total. The van der Waals surface area contributed by atoms with Crippen molar-refractivity contribution >= 4 is 77.3 Å². The molecule has 196 valence electrons. The summed E-state index contributed by atoms with van der Waals surface area (Å²) in [6.07, 6.45) is 9.60. The highest BCUT2D eigenvalue weighted by Gasteiger charge is 2.30. The fourth-order valence-corrected chi connectivity index (χ4v) is 9.79. The Bertz CT molecular complexity index is 1850. The normalized spacial score (nSPS) is 19.1. The number of fused-ring (bicyclic) bond motifs is 6. The Balaban J connectivity index is 1.31. The van der Waals surface area contributed by atoms with E-state index in [0.717, 1.165) is 25.9 Å². The third kappa shape index (κ3) is 4.35. The number of rotatable bonds is 4. The fraction of sp³-hybridized carbons (Fsp3) is 0.265. The number of hydrogen-bond donors (Lipinski definition) is 0. The van der Waals surface area contributed by atoms with E-state index < -0.39 is 0 Å². The summed E-state index contributed by atoms with van der Waals surface area (Å²) >= 11 is 5.71. The number of thioether (sulfide) groups is 1. The molecule has 2 aliphatic rings. The summed E-state index contributed by atoms with van der Waals surface area (Å²) in [7, 11) is 0. The molecule has 0 unspecified atom stereocenters. The van der Waals surface area contributed by atoms with Gasteiger partial charge in [0.15, 0.2) is 0 Å². The number of hydrogen-bond acceptors (Lipinski definition) is 4. The van der Waals surface area contributed by atoms with Crippen LogP contribution in [0.5, 0.6) is 0 Å². The molecule has 2 aromatic heterocycles. The fourth-order valence-electron chi connectivity index (χ4n) is 6.34. The molecule has 0 atom stereocenters. The van der Waals surface area contributed by atoms with Crippen LogP contribution in [0.15, 0.2) is 93.2 Å². The van der Waals surface area contributed by atoms with Gasteiger partial charge in [-0.15, -0.1) is 11.3 Å². The minimum absolute atomic E-state index is 0.224. The highest BCUT2D eigenvalue weighted by molar-refractivity contribution is 8.03. The molecule has 7 rings (SSSR count). The van der Waals surface area contributed by atoms with E-state index in [-0.39, 0.29) is 5.41 Å². The van der Waals surface area contributed by atoms with Gasteiger partial charge in [0, 0.05) is 17.5 Å². The van der Waals surface area contributed by atoms with Gasteiger partial charge in [-0.05, 0) is 89.7 Å². The molecule has 3 aromatic carbocycles. The zero-order valence-corrected chi connectivity index (χ0v) is 25.4. The van der Waals surface area contributed by atoms with Gasteiger partial charge >= 0.3 is 0 Å². The Morgan fingerprint density at radius 3 is 2.64 bits per heavy atom. The first-order valence-corrected chi connectivity index (χ1v) is 16.4. The van der Waals surface area contributed by atoms with E-state index >= 15 is 0 Å². The van der Waals surface area contributed by atoms with Gasteiger partial charge in [0.25, 0.3) is 5.01 Å². The van der Waals surface area contributed by atoms with Crippen molar-refractivity contribution in [3.63, 3.8) is 0 Å². The zero-order chi connectivity index (χ0) is 26.7. The second-order valence-electron chi connectivity index (χ2n) is 11.4. The number of anilines is 1. The van der Waals surface area contributed by atoms with Crippen LogP contribution >= 0.6 is 34.4 Å². The van der Waals surface area contributed by atoms with Gasteiger partial charge in [-0.25, -0.2) is 0 Å². The Labute approximate surface area is 243 Å². The van der Waals surface area contributed by atoms with Gasteiger partial charge in [-0.2, -0.15) is 4.57 Å². The number of benzene rings is 3. The molecule has 0 fully saturated rings. The van der Waals surface area contributed by atoms with Crippen LogP contribution in [-0.4, -0.2) is 6.54 Å². The summed E-state index contributed by atoms with van der Waals surface area (Å²) in [5.74, 6) is 0. The molecule has 0 radical (unpaired) electrons. The number of aromatic nitrogens is 1. The van der Waals surface area contributed by atoms with Crippen LogP contribution in [0.2, 0.25) is 0 Å². The van der Waals surface area contributed by atoms with Gasteiger partial charge in [-0.1, -0.05) is 73.4 Å². The number of nitrogens with zero attached hydrogens (tertiary/aromatic N) is 2. The van der Waals surface area contributed by atoms with E-state index in [1.165, 1.54) is 62.8 Å². The monoisotopic (exact) mass is 565 g/mol. The highest BCUT2D eigenvalue weighted by atomic mass is 32.2. The molecule has 0 bridgehead atoms. The minimum atomic E-state index is 0.224. The topological polar surface area (TPSA) is 7.12 Å². The van der Waals surface area contributed by atoms with Gasteiger partial charge < -0.3 is 4.90 Å². The van der Waals surface area contributed by atoms with Crippen LogP contribution < -0.4 is 9.47 Å². The molecule has 3 heterocycles. The summed E-state index contributed by atoms with van der Waals surface area (Å²) in [6, 6.07) is 20.2. The van der Waals surface area contributed by atoms with E-state index in [4.69, 9.17) is 0 Å². The molecular formula is C34H33N2S3+. The quantitative estimate of drug-likeness (QED) is 0.200. The van der Waals surface area contributed by atoms with Crippen molar-refractivity contribution in [2.45, 2.75) is 52.0 Å². The first-order chi connectivity index (χ1) is 18.9. The molecule has 5 heteroatoms. The van der Waals surface area contributed by atoms with Crippen molar-refractivity contribution < 1.29 is 4.57 Å². The lowest BCUT2D eigenvalue weighted by Crippen LogP contribution is -2.33. The third-order valence-electron chi connectivity index (χ3n) is 7.91. The molecule has 1 aliphatic carbocycles. The van der Waals surface area contributed by atoms with Crippen molar-refractivity contribution in [1.82, 2.24) is 0 Å². The maximum Gasteiger partial charge on any atom is 0.263 e. The highest BCUT2D eigenvalue weighted by Crippen LogP contribution is 2.51. The van der Waals surface area contributed by atoms with Crippen LogP contribution in [0.25, 0.3) is 37.2 Å². The largest absolute Gasteiger partial charge is 0.334 e. The molecule has 5 aromatic rings. The third-order valence-corrected chi connectivity index (χ3v) is 11.0. The maximum atomic E-state index is 2.52. The molecule has 0 amide bonds. The average Bonchev–Trinajstić information content (AvgIpc) is 3.61. The standard InChI is InChI=1S/C34H33N2S3/c1-5-35-29(38-27-13-11-24-9-7-8-10-26(24)31(27)35)18-22-17-23(21-34(3,4)20-22)19-30-36(6-2)32-28(39-30)14-12-25-15-16-37-33(25)32/h7-19H,5-6,20-21H2,1-4H3/q+1. The summed E-state index contributed by atoms with van der Waals surface area (Å²) in [5, 5.41) is 8.93. The lowest BCUT2D eigenvalue weighted by atomic mass is 9.75. The summed E-state index contributed by atoms with van der Waals surface area (Å²) in [4.78, 5) is 3.90. The SMILES string of the molecule is CCN1C(=CC2=CC(=Cc3sc4ccc5ccccc5c4[n+]3CC)CC(C)(C)C2)Sc2ccc3ccsc3c21. The van der Waals surface area contributed by atoms with Crippen molar-refractivity contribution in [2.24, 2.45) is 5.41 Å². The molecule has 0 saturated heterocycles. The molecule has 0 spiro atoms. The van der Waals surface area contributed by atoms with Crippen molar-refractivity contribution in [2.75, 3.05) is 11.4 Å². The lowest BCUT2D eigenvalue weighted by molar-refractivity contribution is -0.664. The van der Waals surface area contributed by atoms with Crippen LogP contribution in [0.4, 0.5) is 5.69 Å². The first-order valence-electron chi connectivity index (χ1n) is 13.9. The van der Waals surface area contributed by atoms with Gasteiger partial charge in [0.1, 0.15) is 11.2 Å². The molecule has 39 heavy (non-hydrogen) atoms. The van der Waals surface area contributed by atoms with Gasteiger partial charge in [0.2, 0.25) is 5.52 Å². The van der Waals surface area contributed by atoms with Crippen LogP contribution in [0.3, 0.4) is 0 Å². The molecule has 0 N–H and O–H groups in total. The molecule has 0 saturated carbocycles. The van der Waals surface area contributed by atoms with Crippen molar-refractivity contribution in [3.8, 4) is 0 Å².